The predicted octanol–water partition coefficient (Wildman–Crippen LogP) is 1.64. The fourth-order valence-electron chi connectivity index (χ4n) is 3.97. The first-order chi connectivity index (χ1) is 14.1. The zero-order chi connectivity index (χ0) is 20.3. The van der Waals surface area contributed by atoms with Gasteiger partial charge in [0.1, 0.15) is 11.6 Å². The molecule has 8 nitrogen and oxygen atoms in total. The molecule has 2 aliphatic rings. The summed E-state index contributed by atoms with van der Waals surface area (Å²) in [5, 5.41) is 14.3. The van der Waals surface area contributed by atoms with Gasteiger partial charge in [0, 0.05) is 43.6 Å². The summed E-state index contributed by atoms with van der Waals surface area (Å²) >= 11 is 0. The van der Waals surface area contributed by atoms with Crippen LogP contribution in [0, 0.1) is 11.7 Å². The van der Waals surface area contributed by atoms with Gasteiger partial charge in [-0.3, -0.25) is 19.5 Å². The van der Waals surface area contributed by atoms with Gasteiger partial charge in [0.05, 0.1) is 5.69 Å². The number of aromatic nitrogens is 3. The summed E-state index contributed by atoms with van der Waals surface area (Å²) in [5.41, 5.74) is 0.165. The molecule has 0 aromatic carbocycles. The number of anilines is 2. The maximum absolute atomic E-state index is 14.2. The third-order valence-corrected chi connectivity index (χ3v) is 5.77. The van der Waals surface area contributed by atoms with Crippen molar-refractivity contribution < 1.29 is 14.0 Å². The number of halogens is 1. The van der Waals surface area contributed by atoms with Gasteiger partial charge in [0.2, 0.25) is 12.3 Å². The Bertz CT molecular complexity index is 887. The van der Waals surface area contributed by atoms with Crippen LogP contribution in [0.4, 0.5) is 16.0 Å². The summed E-state index contributed by atoms with van der Waals surface area (Å²) in [4.78, 5) is 28.5. The van der Waals surface area contributed by atoms with Gasteiger partial charge in [-0.25, -0.2) is 4.39 Å². The maximum atomic E-state index is 14.2. The molecule has 2 fully saturated rings. The van der Waals surface area contributed by atoms with Crippen molar-refractivity contribution in [2.45, 2.75) is 31.1 Å². The average Bonchev–Trinajstić information content (AvgIpc) is 3.12. The van der Waals surface area contributed by atoms with E-state index in [4.69, 9.17) is 0 Å². The van der Waals surface area contributed by atoms with E-state index in [-0.39, 0.29) is 23.1 Å². The van der Waals surface area contributed by atoms with E-state index >= 15 is 0 Å². The molecule has 1 saturated carbocycles. The number of amides is 2. The van der Waals surface area contributed by atoms with E-state index in [0.29, 0.717) is 49.8 Å². The maximum Gasteiger partial charge on any atom is 0.220 e. The number of carbonyl (C=O) groups excluding carboxylic acids is 2. The van der Waals surface area contributed by atoms with Crippen molar-refractivity contribution in [2.24, 2.45) is 5.92 Å². The summed E-state index contributed by atoms with van der Waals surface area (Å²) in [6.45, 7) is 1.48. The van der Waals surface area contributed by atoms with Gasteiger partial charge in [-0.2, -0.15) is 0 Å². The van der Waals surface area contributed by atoms with E-state index in [2.05, 4.69) is 25.8 Å². The molecule has 1 aliphatic heterocycles. The molecule has 152 valence electrons. The van der Waals surface area contributed by atoms with Gasteiger partial charge in [-0.15, -0.1) is 10.2 Å². The Balaban J connectivity index is 1.39. The average molecular weight is 398 g/mol. The van der Waals surface area contributed by atoms with Crippen LogP contribution in [0.3, 0.4) is 0 Å². The molecule has 0 bridgehead atoms. The lowest BCUT2D eigenvalue weighted by Crippen LogP contribution is -2.42. The van der Waals surface area contributed by atoms with Crippen molar-refractivity contribution in [3.05, 3.63) is 42.0 Å². The SMILES string of the molecule is O=CN(CC1CNC(=O)C1)c1ccc(NCC2(c3ncccc3F)CCC2)nn1. The lowest BCUT2D eigenvalue weighted by molar-refractivity contribution is -0.119. The summed E-state index contributed by atoms with van der Waals surface area (Å²) < 4.78 is 14.2. The molecule has 0 spiro atoms. The monoisotopic (exact) mass is 398 g/mol. The fraction of sp³-hybridized carbons (Fsp3) is 0.450. The molecule has 0 radical (unpaired) electrons. The van der Waals surface area contributed by atoms with E-state index in [1.807, 2.05) is 0 Å². The summed E-state index contributed by atoms with van der Waals surface area (Å²) in [6, 6.07) is 6.50. The zero-order valence-corrected chi connectivity index (χ0v) is 16.0. The molecular weight excluding hydrogens is 375 g/mol. The first kappa shape index (κ1) is 19.2. The summed E-state index contributed by atoms with van der Waals surface area (Å²) in [7, 11) is 0. The van der Waals surface area contributed by atoms with Crippen molar-refractivity contribution in [3.63, 3.8) is 0 Å². The van der Waals surface area contributed by atoms with Crippen LogP contribution in [0.25, 0.3) is 0 Å². The van der Waals surface area contributed by atoms with Gasteiger partial charge >= 0.3 is 0 Å². The third kappa shape index (κ3) is 4.03. The fourth-order valence-corrected chi connectivity index (χ4v) is 3.97. The van der Waals surface area contributed by atoms with Crippen molar-refractivity contribution in [1.29, 1.82) is 0 Å². The molecule has 9 heteroatoms. The zero-order valence-electron chi connectivity index (χ0n) is 16.0. The Morgan fingerprint density at radius 3 is 2.76 bits per heavy atom. The molecule has 2 amide bonds. The van der Waals surface area contributed by atoms with E-state index < -0.39 is 0 Å². The van der Waals surface area contributed by atoms with Crippen LogP contribution in [0.15, 0.2) is 30.5 Å². The third-order valence-electron chi connectivity index (χ3n) is 5.77. The van der Waals surface area contributed by atoms with Crippen molar-refractivity contribution in [2.75, 3.05) is 29.9 Å². The highest BCUT2D eigenvalue weighted by molar-refractivity contribution is 5.79. The van der Waals surface area contributed by atoms with Gasteiger partial charge in [0.15, 0.2) is 5.82 Å². The molecule has 4 rings (SSSR count). The smallest absolute Gasteiger partial charge is 0.220 e. The first-order valence-corrected chi connectivity index (χ1v) is 9.77. The second kappa shape index (κ2) is 8.10. The Morgan fingerprint density at radius 2 is 2.17 bits per heavy atom. The standard InChI is InChI=1S/C20H23FN6O2/c21-15-3-1-8-22-19(15)20(6-2-7-20)12-24-16-4-5-17(26-25-16)27(13-28)11-14-9-18(29)23-10-14/h1,3-5,8,13-14H,2,6-7,9-12H2,(H,23,29)(H,24,25). The molecule has 1 aliphatic carbocycles. The second-order valence-electron chi connectivity index (χ2n) is 7.73. The molecule has 2 N–H and O–H groups in total. The number of nitrogens with zero attached hydrogens (tertiary/aromatic N) is 4. The van der Waals surface area contributed by atoms with E-state index in [1.54, 1.807) is 24.4 Å². The minimum atomic E-state index is -0.331. The predicted molar refractivity (Wildman–Crippen MR) is 105 cm³/mol. The minimum Gasteiger partial charge on any atom is -0.368 e. The minimum absolute atomic E-state index is 0.000692. The lowest BCUT2D eigenvalue weighted by Gasteiger charge is -2.41. The molecule has 1 unspecified atom stereocenters. The van der Waals surface area contributed by atoms with Crippen LogP contribution in [0.5, 0.6) is 0 Å². The topological polar surface area (TPSA) is 100 Å². The second-order valence-corrected chi connectivity index (χ2v) is 7.73. The number of nitrogens with one attached hydrogen (secondary N) is 2. The molecular formula is C20H23FN6O2. The highest BCUT2D eigenvalue weighted by atomic mass is 19.1. The van der Waals surface area contributed by atoms with Crippen LogP contribution in [-0.4, -0.2) is 47.1 Å². The van der Waals surface area contributed by atoms with Crippen LogP contribution >= 0.6 is 0 Å². The van der Waals surface area contributed by atoms with Crippen molar-refractivity contribution in [3.8, 4) is 0 Å². The lowest BCUT2D eigenvalue weighted by atomic mass is 9.66. The molecule has 29 heavy (non-hydrogen) atoms. The number of carbonyl (C=O) groups is 2. The van der Waals surface area contributed by atoms with Crippen molar-refractivity contribution >= 4 is 24.0 Å². The van der Waals surface area contributed by atoms with Gasteiger partial charge < -0.3 is 10.6 Å². The summed E-state index contributed by atoms with van der Waals surface area (Å²) in [6.07, 6.45) is 5.50. The summed E-state index contributed by atoms with van der Waals surface area (Å²) in [5.74, 6) is 0.774. The normalized spacial score (nSPS) is 19.9. The quantitative estimate of drug-likeness (QED) is 0.656. The molecule has 3 heterocycles. The number of hydrogen-bond acceptors (Lipinski definition) is 6. The Labute approximate surface area is 167 Å². The highest BCUT2D eigenvalue weighted by Crippen LogP contribution is 2.43. The largest absolute Gasteiger partial charge is 0.368 e. The Hall–Kier alpha value is -3.10. The Kier molecular flexibility index (Phi) is 5.37. The van der Waals surface area contributed by atoms with Gasteiger partial charge in [0.25, 0.3) is 0 Å². The number of hydrogen-bond donors (Lipinski definition) is 2. The van der Waals surface area contributed by atoms with Crippen LogP contribution in [-0.2, 0) is 15.0 Å². The van der Waals surface area contributed by atoms with E-state index in [9.17, 15) is 14.0 Å². The number of rotatable bonds is 8. The number of pyridine rings is 1. The van der Waals surface area contributed by atoms with E-state index in [1.165, 1.54) is 11.0 Å². The molecule has 1 atom stereocenters. The Morgan fingerprint density at radius 1 is 1.31 bits per heavy atom. The van der Waals surface area contributed by atoms with Gasteiger partial charge in [-0.05, 0) is 37.1 Å². The van der Waals surface area contributed by atoms with Crippen LogP contribution in [0.1, 0.15) is 31.4 Å². The molecule has 2 aromatic rings. The van der Waals surface area contributed by atoms with Crippen LogP contribution in [0.2, 0.25) is 0 Å². The molecule has 1 saturated heterocycles. The van der Waals surface area contributed by atoms with Crippen molar-refractivity contribution in [1.82, 2.24) is 20.5 Å². The highest BCUT2D eigenvalue weighted by Gasteiger charge is 2.41. The molecule has 2 aromatic heterocycles. The van der Waals surface area contributed by atoms with Gasteiger partial charge in [-0.1, -0.05) is 6.42 Å². The van der Waals surface area contributed by atoms with E-state index in [0.717, 1.165) is 19.3 Å². The van der Waals surface area contributed by atoms with Crippen LogP contribution < -0.4 is 15.5 Å². The first-order valence-electron chi connectivity index (χ1n) is 9.77.